The summed E-state index contributed by atoms with van der Waals surface area (Å²) in [7, 11) is 0. The van der Waals surface area contributed by atoms with Gasteiger partial charge in [-0.3, -0.25) is 4.79 Å². The van der Waals surface area contributed by atoms with E-state index in [9.17, 15) is 9.18 Å². The predicted molar refractivity (Wildman–Crippen MR) is 68.0 cm³/mol. The number of hydrogen-bond donors (Lipinski definition) is 2. The second kappa shape index (κ2) is 5.99. The molecule has 0 aliphatic rings. The van der Waals surface area contributed by atoms with Crippen molar-refractivity contribution in [1.82, 2.24) is 10.5 Å². The van der Waals surface area contributed by atoms with Gasteiger partial charge in [-0.2, -0.15) is 0 Å². The van der Waals surface area contributed by atoms with Gasteiger partial charge in [-0.1, -0.05) is 17.3 Å². The van der Waals surface area contributed by atoms with Crippen molar-refractivity contribution in [3.63, 3.8) is 0 Å². The van der Waals surface area contributed by atoms with Crippen molar-refractivity contribution in [2.75, 3.05) is 11.9 Å². The number of rotatable bonds is 5. The molecule has 0 aliphatic heterocycles. The van der Waals surface area contributed by atoms with E-state index in [2.05, 4.69) is 15.8 Å². The van der Waals surface area contributed by atoms with E-state index in [-0.39, 0.29) is 18.3 Å². The molecule has 19 heavy (non-hydrogen) atoms. The van der Waals surface area contributed by atoms with Crippen molar-refractivity contribution in [3.8, 4) is 0 Å². The average Bonchev–Trinajstić information content (AvgIpc) is 2.81. The lowest BCUT2D eigenvalue weighted by Crippen LogP contribution is -2.29. The first-order valence-corrected chi connectivity index (χ1v) is 5.82. The summed E-state index contributed by atoms with van der Waals surface area (Å²) in [6.07, 6.45) is 0. The summed E-state index contributed by atoms with van der Waals surface area (Å²) in [5, 5.41) is 9.25. The lowest BCUT2D eigenvalue weighted by atomic mass is 10.2. The summed E-state index contributed by atoms with van der Waals surface area (Å²) in [6, 6.07) is 7.68. The SMILES string of the molecule is Cc1cc(NCC(=O)NCc2ccc(F)cc2)no1. The Bertz CT molecular complexity index is 551. The van der Waals surface area contributed by atoms with Crippen LogP contribution in [0, 0.1) is 12.7 Å². The third-order valence-corrected chi connectivity index (χ3v) is 2.46. The van der Waals surface area contributed by atoms with Crippen LogP contribution >= 0.6 is 0 Å². The Kier molecular flexibility index (Phi) is 4.12. The maximum atomic E-state index is 12.7. The molecule has 1 aromatic heterocycles. The van der Waals surface area contributed by atoms with Gasteiger partial charge in [0.25, 0.3) is 0 Å². The minimum absolute atomic E-state index is 0.104. The second-order valence-electron chi connectivity index (χ2n) is 4.08. The fourth-order valence-electron chi connectivity index (χ4n) is 1.49. The number of hydrogen-bond acceptors (Lipinski definition) is 4. The summed E-state index contributed by atoms with van der Waals surface area (Å²) < 4.78 is 17.5. The van der Waals surface area contributed by atoms with Crippen molar-refractivity contribution in [2.45, 2.75) is 13.5 Å². The zero-order valence-electron chi connectivity index (χ0n) is 10.4. The fourth-order valence-corrected chi connectivity index (χ4v) is 1.49. The molecule has 0 saturated heterocycles. The molecular weight excluding hydrogens is 249 g/mol. The van der Waals surface area contributed by atoms with Gasteiger partial charge in [-0.05, 0) is 24.6 Å². The highest BCUT2D eigenvalue weighted by Gasteiger charge is 2.04. The molecule has 0 atom stereocenters. The standard InChI is InChI=1S/C13H14FN3O2/c1-9-6-12(17-19-9)15-8-13(18)16-7-10-2-4-11(14)5-3-10/h2-6H,7-8H2,1H3,(H,15,17)(H,16,18). The second-order valence-corrected chi connectivity index (χ2v) is 4.08. The number of aryl methyl sites for hydroxylation is 1. The number of nitrogens with zero attached hydrogens (tertiary/aromatic N) is 1. The van der Waals surface area contributed by atoms with Crippen LogP contribution in [0.3, 0.4) is 0 Å². The minimum atomic E-state index is -0.293. The maximum Gasteiger partial charge on any atom is 0.239 e. The third-order valence-electron chi connectivity index (χ3n) is 2.46. The molecule has 0 spiro atoms. The van der Waals surface area contributed by atoms with Gasteiger partial charge >= 0.3 is 0 Å². The van der Waals surface area contributed by atoms with Gasteiger partial charge in [0.1, 0.15) is 11.6 Å². The van der Waals surface area contributed by atoms with Crippen LogP contribution < -0.4 is 10.6 Å². The third kappa shape index (κ3) is 4.09. The highest BCUT2D eigenvalue weighted by Crippen LogP contribution is 2.06. The summed E-state index contributed by atoms with van der Waals surface area (Å²) in [6.45, 7) is 2.23. The lowest BCUT2D eigenvalue weighted by molar-refractivity contribution is -0.119. The summed E-state index contributed by atoms with van der Waals surface area (Å²) >= 11 is 0. The Morgan fingerprint density at radius 1 is 1.37 bits per heavy atom. The van der Waals surface area contributed by atoms with Crippen LogP contribution in [-0.2, 0) is 11.3 Å². The quantitative estimate of drug-likeness (QED) is 0.864. The van der Waals surface area contributed by atoms with E-state index in [1.807, 2.05) is 0 Å². The Morgan fingerprint density at radius 3 is 2.74 bits per heavy atom. The van der Waals surface area contributed by atoms with E-state index in [0.29, 0.717) is 18.1 Å². The van der Waals surface area contributed by atoms with Crippen molar-refractivity contribution < 1.29 is 13.7 Å². The molecule has 100 valence electrons. The minimum Gasteiger partial charge on any atom is -0.360 e. The molecule has 1 heterocycles. The molecule has 2 aromatic rings. The molecular formula is C13H14FN3O2. The molecule has 6 heteroatoms. The molecule has 5 nitrogen and oxygen atoms in total. The van der Waals surface area contributed by atoms with Gasteiger partial charge in [0.15, 0.2) is 5.82 Å². The van der Waals surface area contributed by atoms with Gasteiger partial charge in [0.2, 0.25) is 5.91 Å². The van der Waals surface area contributed by atoms with Crippen LogP contribution in [0.5, 0.6) is 0 Å². The Morgan fingerprint density at radius 2 is 2.11 bits per heavy atom. The maximum absolute atomic E-state index is 12.7. The number of carbonyl (C=O) groups is 1. The van der Waals surface area contributed by atoms with E-state index < -0.39 is 0 Å². The van der Waals surface area contributed by atoms with E-state index >= 15 is 0 Å². The molecule has 0 fully saturated rings. The molecule has 0 radical (unpaired) electrons. The summed E-state index contributed by atoms with van der Waals surface area (Å²) in [5.41, 5.74) is 0.840. The largest absolute Gasteiger partial charge is 0.360 e. The molecule has 0 bridgehead atoms. The van der Waals surface area contributed by atoms with Crippen LogP contribution in [-0.4, -0.2) is 17.6 Å². The zero-order valence-corrected chi connectivity index (χ0v) is 10.4. The zero-order chi connectivity index (χ0) is 13.7. The summed E-state index contributed by atoms with van der Waals surface area (Å²) in [4.78, 5) is 11.6. The van der Waals surface area contributed by atoms with Crippen molar-refractivity contribution in [3.05, 3.63) is 47.5 Å². The summed E-state index contributed by atoms with van der Waals surface area (Å²) in [5.74, 6) is 0.728. The van der Waals surface area contributed by atoms with Gasteiger partial charge in [-0.25, -0.2) is 4.39 Å². The normalized spacial score (nSPS) is 10.2. The van der Waals surface area contributed by atoms with E-state index in [4.69, 9.17) is 4.52 Å². The van der Waals surface area contributed by atoms with Crippen molar-refractivity contribution in [1.29, 1.82) is 0 Å². The van der Waals surface area contributed by atoms with E-state index in [1.165, 1.54) is 12.1 Å². The highest BCUT2D eigenvalue weighted by atomic mass is 19.1. The monoisotopic (exact) mass is 263 g/mol. The molecule has 1 aromatic carbocycles. The highest BCUT2D eigenvalue weighted by molar-refractivity contribution is 5.80. The molecule has 0 saturated carbocycles. The van der Waals surface area contributed by atoms with Gasteiger partial charge in [-0.15, -0.1) is 0 Å². The number of nitrogens with one attached hydrogen (secondary N) is 2. The Balaban J connectivity index is 1.74. The van der Waals surface area contributed by atoms with Gasteiger partial charge < -0.3 is 15.2 Å². The van der Waals surface area contributed by atoms with Crippen LogP contribution in [0.2, 0.25) is 0 Å². The fraction of sp³-hybridized carbons (Fsp3) is 0.231. The van der Waals surface area contributed by atoms with Crippen LogP contribution in [0.25, 0.3) is 0 Å². The smallest absolute Gasteiger partial charge is 0.239 e. The van der Waals surface area contributed by atoms with Crippen LogP contribution in [0.15, 0.2) is 34.9 Å². The van der Waals surface area contributed by atoms with Crippen LogP contribution in [0.1, 0.15) is 11.3 Å². The first-order chi connectivity index (χ1) is 9.13. The average molecular weight is 263 g/mol. The van der Waals surface area contributed by atoms with E-state index in [0.717, 1.165) is 5.56 Å². The predicted octanol–water partition coefficient (Wildman–Crippen LogP) is 1.85. The van der Waals surface area contributed by atoms with Crippen molar-refractivity contribution in [2.24, 2.45) is 0 Å². The topological polar surface area (TPSA) is 67.2 Å². The molecule has 2 N–H and O–H groups in total. The molecule has 2 rings (SSSR count). The van der Waals surface area contributed by atoms with Crippen molar-refractivity contribution >= 4 is 11.7 Å². The van der Waals surface area contributed by atoms with Gasteiger partial charge in [0, 0.05) is 12.6 Å². The molecule has 0 unspecified atom stereocenters. The number of amides is 1. The number of halogens is 1. The molecule has 0 aliphatic carbocycles. The first kappa shape index (κ1) is 13.1. The number of aromatic nitrogens is 1. The number of anilines is 1. The Labute approximate surface area is 109 Å². The Hall–Kier alpha value is -2.37. The molecule has 1 amide bonds. The number of benzene rings is 1. The first-order valence-electron chi connectivity index (χ1n) is 5.82. The lowest BCUT2D eigenvalue weighted by Gasteiger charge is -2.05. The van der Waals surface area contributed by atoms with Crippen LogP contribution in [0.4, 0.5) is 10.2 Å². The van der Waals surface area contributed by atoms with E-state index in [1.54, 1.807) is 25.1 Å². The van der Waals surface area contributed by atoms with Gasteiger partial charge in [0.05, 0.1) is 6.54 Å². The number of carbonyl (C=O) groups excluding carboxylic acids is 1.